The molecule has 0 radical (unpaired) electrons. The van der Waals surface area contributed by atoms with Gasteiger partial charge in [0.25, 0.3) is 0 Å². The van der Waals surface area contributed by atoms with Gasteiger partial charge < -0.3 is 11.1 Å². The summed E-state index contributed by atoms with van der Waals surface area (Å²) >= 11 is 6.10. The molecule has 3 N–H and O–H groups in total. The number of amides is 1. The molecule has 0 fully saturated rings. The van der Waals surface area contributed by atoms with Gasteiger partial charge >= 0.3 is 0 Å². The van der Waals surface area contributed by atoms with Crippen molar-refractivity contribution >= 4 is 23.2 Å². The van der Waals surface area contributed by atoms with E-state index in [0.29, 0.717) is 22.9 Å². The van der Waals surface area contributed by atoms with E-state index in [1.54, 1.807) is 49.0 Å². The second-order valence-electron chi connectivity index (χ2n) is 6.45. The molecule has 0 bridgehead atoms. The maximum atomic E-state index is 12.4. The van der Waals surface area contributed by atoms with Crippen molar-refractivity contribution in [3.05, 3.63) is 59.3 Å². The van der Waals surface area contributed by atoms with Crippen LogP contribution in [0.2, 0.25) is 5.02 Å². The number of aromatic nitrogens is 4. The molecule has 0 saturated carbocycles. The van der Waals surface area contributed by atoms with Crippen molar-refractivity contribution in [1.82, 2.24) is 24.9 Å². The van der Waals surface area contributed by atoms with Gasteiger partial charge in [-0.05, 0) is 37.6 Å². The summed E-state index contributed by atoms with van der Waals surface area (Å²) in [4.78, 5) is 16.6. The molecule has 0 aliphatic heterocycles. The van der Waals surface area contributed by atoms with E-state index < -0.39 is 11.6 Å². The Labute approximate surface area is 150 Å². The number of halogens is 1. The lowest BCUT2D eigenvalue weighted by atomic mass is 10.0. The average molecular weight is 359 g/mol. The number of hydrogen-bond donors (Lipinski definition) is 2. The van der Waals surface area contributed by atoms with E-state index in [4.69, 9.17) is 17.3 Å². The number of rotatable bonds is 5. The second kappa shape index (κ2) is 6.78. The Hall–Kier alpha value is -2.51. The first-order chi connectivity index (χ1) is 11.8. The molecule has 0 spiro atoms. The van der Waals surface area contributed by atoms with Crippen molar-refractivity contribution in [3.63, 3.8) is 0 Å². The highest BCUT2D eigenvalue weighted by atomic mass is 35.5. The Bertz CT molecular complexity index is 887. The third-order valence-electron chi connectivity index (χ3n) is 3.76. The van der Waals surface area contributed by atoms with Crippen LogP contribution in [-0.2, 0) is 11.2 Å². The van der Waals surface area contributed by atoms with E-state index in [9.17, 15) is 4.79 Å². The standard InChI is InChI=1S/C17H19ClN6O/c1-17(2,19)16(25)21-13(8-11-4-3-7-20-9-11)15-23-22-14-6-5-12(18)10-24(14)15/h3-7,9-10,13H,8,19H2,1-2H3,(H,21,25)/t13-/m1/s1. The molecule has 0 aliphatic rings. The monoisotopic (exact) mass is 358 g/mol. The third-order valence-corrected chi connectivity index (χ3v) is 3.98. The van der Waals surface area contributed by atoms with Gasteiger partial charge in [0, 0.05) is 25.0 Å². The normalized spacial score (nSPS) is 13.0. The summed E-state index contributed by atoms with van der Waals surface area (Å²) < 4.78 is 1.77. The first-order valence-corrected chi connectivity index (χ1v) is 8.21. The lowest BCUT2D eigenvalue weighted by Crippen LogP contribution is -2.50. The number of hydrogen-bond acceptors (Lipinski definition) is 5. The quantitative estimate of drug-likeness (QED) is 0.726. The highest BCUT2D eigenvalue weighted by molar-refractivity contribution is 6.30. The number of carbonyl (C=O) groups excluding carboxylic acids is 1. The summed E-state index contributed by atoms with van der Waals surface area (Å²) in [5.41, 5.74) is 6.52. The molecule has 0 unspecified atom stereocenters. The van der Waals surface area contributed by atoms with E-state index >= 15 is 0 Å². The lowest BCUT2D eigenvalue weighted by Gasteiger charge is -2.23. The first kappa shape index (κ1) is 17.3. The minimum absolute atomic E-state index is 0.278. The van der Waals surface area contributed by atoms with Crippen LogP contribution in [0.5, 0.6) is 0 Å². The van der Waals surface area contributed by atoms with Crippen molar-refractivity contribution in [1.29, 1.82) is 0 Å². The van der Waals surface area contributed by atoms with Gasteiger partial charge in [0.15, 0.2) is 11.5 Å². The zero-order valence-corrected chi connectivity index (χ0v) is 14.7. The maximum absolute atomic E-state index is 12.4. The Morgan fingerprint density at radius 2 is 2.16 bits per heavy atom. The molecule has 3 heterocycles. The molecule has 1 atom stereocenters. The fraction of sp³-hybridized carbons (Fsp3) is 0.294. The number of nitrogens with two attached hydrogens (primary N) is 1. The third kappa shape index (κ3) is 3.94. The van der Waals surface area contributed by atoms with Gasteiger partial charge in [-0.25, -0.2) is 0 Å². The molecule has 130 valence electrons. The van der Waals surface area contributed by atoms with Gasteiger partial charge in [0.2, 0.25) is 5.91 Å². The minimum Gasteiger partial charge on any atom is -0.344 e. The molecule has 3 rings (SSSR count). The summed E-state index contributed by atoms with van der Waals surface area (Å²) in [6, 6.07) is 6.88. The highest BCUT2D eigenvalue weighted by Crippen LogP contribution is 2.20. The van der Waals surface area contributed by atoms with Gasteiger partial charge in [0.05, 0.1) is 16.6 Å². The maximum Gasteiger partial charge on any atom is 0.240 e. The number of fused-ring (bicyclic) bond motifs is 1. The van der Waals surface area contributed by atoms with Crippen LogP contribution < -0.4 is 11.1 Å². The fourth-order valence-corrected chi connectivity index (χ4v) is 2.59. The molecule has 8 heteroatoms. The second-order valence-corrected chi connectivity index (χ2v) is 6.88. The Morgan fingerprint density at radius 3 is 2.84 bits per heavy atom. The van der Waals surface area contributed by atoms with Crippen LogP contribution in [0.25, 0.3) is 5.65 Å². The molecule has 7 nitrogen and oxygen atoms in total. The van der Waals surface area contributed by atoms with Crippen LogP contribution in [-0.4, -0.2) is 31.0 Å². The van der Waals surface area contributed by atoms with Gasteiger partial charge in [-0.1, -0.05) is 17.7 Å². The molecule has 1 amide bonds. The van der Waals surface area contributed by atoms with Crippen LogP contribution >= 0.6 is 11.6 Å². The summed E-state index contributed by atoms with van der Waals surface area (Å²) in [7, 11) is 0. The molecule has 0 saturated heterocycles. The largest absolute Gasteiger partial charge is 0.344 e. The molecular formula is C17H19ClN6O. The van der Waals surface area contributed by atoms with E-state index in [-0.39, 0.29) is 5.91 Å². The molecule has 25 heavy (non-hydrogen) atoms. The van der Waals surface area contributed by atoms with Crippen LogP contribution in [0, 0.1) is 0 Å². The van der Waals surface area contributed by atoms with Crippen molar-refractivity contribution < 1.29 is 4.79 Å². The Balaban J connectivity index is 2.00. The van der Waals surface area contributed by atoms with Crippen molar-refractivity contribution in [2.45, 2.75) is 31.8 Å². The average Bonchev–Trinajstić information content (AvgIpc) is 2.97. The smallest absolute Gasteiger partial charge is 0.240 e. The van der Waals surface area contributed by atoms with E-state index in [1.807, 2.05) is 12.1 Å². The Morgan fingerprint density at radius 1 is 1.36 bits per heavy atom. The molecule has 3 aromatic heterocycles. The van der Waals surface area contributed by atoms with Gasteiger partial charge in [-0.15, -0.1) is 10.2 Å². The van der Waals surface area contributed by atoms with Gasteiger partial charge in [-0.3, -0.25) is 14.2 Å². The lowest BCUT2D eigenvalue weighted by molar-refractivity contribution is -0.126. The molecule has 0 aliphatic carbocycles. The molecule has 3 aromatic rings. The zero-order valence-electron chi connectivity index (χ0n) is 14.0. The topological polar surface area (TPSA) is 98.2 Å². The van der Waals surface area contributed by atoms with Crippen LogP contribution in [0.4, 0.5) is 0 Å². The van der Waals surface area contributed by atoms with E-state index in [2.05, 4.69) is 20.5 Å². The predicted molar refractivity (Wildman–Crippen MR) is 95.1 cm³/mol. The summed E-state index contributed by atoms with van der Waals surface area (Å²) in [5, 5.41) is 11.9. The van der Waals surface area contributed by atoms with E-state index in [0.717, 1.165) is 5.56 Å². The van der Waals surface area contributed by atoms with Gasteiger partial charge in [0.1, 0.15) is 0 Å². The SMILES string of the molecule is CC(C)(N)C(=O)N[C@H](Cc1cccnc1)c1nnc2ccc(Cl)cn12. The molecular weight excluding hydrogens is 340 g/mol. The highest BCUT2D eigenvalue weighted by Gasteiger charge is 2.28. The summed E-state index contributed by atoms with van der Waals surface area (Å²) in [6.07, 6.45) is 5.68. The van der Waals surface area contributed by atoms with Crippen molar-refractivity contribution in [2.75, 3.05) is 0 Å². The number of pyridine rings is 2. The predicted octanol–water partition coefficient (Wildman–Crippen LogP) is 1.91. The van der Waals surface area contributed by atoms with Gasteiger partial charge in [-0.2, -0.15) is 0 Å². The molecule has 0 aromatic carbocycles. The zero-order chi connectivity index (χ0) is 18.0. The fourth-order valence-electron chi connectivity index (χ4n) is 2.43. The summed E-state index contributed by atoms with van der Waals surface area (Å²) in [6.45, 7) is 3.31. The van der Waals surface area contributed by atoms with Crippen molar-refractivity contribution in [2.24, 2.45) is 5.73 Å². The van der Waals surface area contributed by atoms with Crippen LogP contribution in [0.15, 0.2) is 42.9 Å². The van der Waals surface area contributed by atoms with Crippen LogP contribution in [0.3, 0.4) is 0 Å². The number of carbonyl (C=O) groups is 1. The Kier molecular flexibility index (Phi) is 4.69. The summed E-state index contributed by atoms with van der Waals surface area (Å²) in [5.74, 6) is 0.305. The minimum atomic E-state index is -1.01. The number of nitrogens with zero attached hydrogens (tertiary/aromatic N) is 4. The van der Waals surface area contributed by atoms with Crippen LogP contribution in [0.1, 0.15) is 31.3 Å². The number of nitrogens with one attached hydrogen (secondary N) is 1. The van der Waals surface area contributed by atoms with Crippen molar-refractivity contribution in [3.8, 4) is 0 Å². The van der Waals surface area contributed by atoms with E-state index in [1.165, 1.54) is 0 Å². The first-order valence-electron chi connectivity index (χ1n) is 7.83.